The lowest BCUT2D eigenvalue weighted by molar-refractivity contribution is 0.504. The lowest BCUT2D eigenvalue weighted by Gasteiger charge is -2.08. The molecule has 136 valence electrons. The van der Waals surface area contributed by atoms with E-state index < -0.39 is 22.9 Å². The summed E-state index contributed by atoms with van der Waals surface area (Å²) in [5.74, 6) is -2.40. The van der Waals surface area contributed by atoms with Gasteiger partial charge < -0.3 is 4.42 Å². The van der Waals surface area contributed by atoms with Gasteiger partial charge in [0.25, 0.3) is 5.56 Å². The average Bonchev–Trinajstić information content (AvgIpc) is 2.68. The maximum atomic E-state index is 14.1. The van der Waals surface area contributed by atoms with Crippen molar-refractivity contribution in [2.24, 2.45) is 0 Å². The minimum absolute atomic E-state index is 0.0361. The van der Waals surface area contributed by atoms with Gasteiger partial charge in [0.2, 0.25) is 0 Å². The van der Waals surface area contributed by atoms with Crippen molar-refractivity contribution in [2.75, 3.05) is 0 Å². The molecular weight excluding hydrogens is 366 g/mol. The standard InChI is InChI=1S/C21H10F2N2O3/c22-14-5-6-16(18(23)10-14)13-4-7-19-17(9-13)20(26)25(21(27)28-19)15-3-1-2-12(8-15)11-24/h1-10H. The Balaban J connectivity index is 1.98. The molecule has 1 aromatic heterocycles. The highest BCUT2D eigenvalue weighted by molar-refractivity contribution is 5.82. The van der Waals surface area contributed by atoms with Crippen LogP contribution in [0, 0.1) is 23.0 Å². The van der Waals surface area contributed by atoms with Crippen LogP contribution in [-0.4, -0.2) is 4.57 Å². The van der Waals surface area contributed by atoms with Crippen LogP contribution in [0.3, 0.4) is 0 Å². The van der Waals surface area contributed by atoms with Gasteiger partial charge in [0.1, 0.15) is 17.2 Å². The molecule has 0 aliphatic heterocycles. The Hall–Kier alpha value is -4.05. The number of benzene rings is 3. The van der Waals surface area contributed by atoms with Crippen molar-refractivity contribution < 1.29 is 13.2 Å². The Morgan fingerprint density at radius 2 is 1.79 bits per heavy atom. The van der Waals surface area contributed by atoms with Gasteiger partial charge >= 0.3 is 5.76 Å². The van der Waals surface area contributed by atoms with Gasteiger partial charge in [-0.05, 0) is 48.0 Å². The van der Waals surface area contributed by atoms with Crippen molar-refractivity contribution in [2.45, 2.75) is 0 Å². The van der Waals surface area contributed by atoms with E-state index >= 15 is 0 Å². The molecule has 7 heteroatoms. The van der Waals surface area contributed by atoms with Crippen LogP contribution in [-0.2, 0) is 0 Å². The number of nitrogens with zero attached hydrogens (tertiary/aromatic N) is 2. The van der Waals surface area contributed by atoms with Gasteiger partial charge in [-0.15, -0.1) is 0 Å². The topological polar surface area (TPSA) is 76.0 Å². The van der Waals surface area contributed by atoms with E-state index in [9.17, 15) is 18.4 Å². The molecule has 0 N–H and O–H groups in total. The molecule has 3 aromatic carbocycles. The predicted molar refractivity (Wildman–Crippen MR) is 98.1 cm³/mol. The van der Waals surface area contributed by atoms with E-state index in [1.807, 2.05) is 6.07 Å². The Labute approximate surface area is 156 Å². The first-order valence-corrected chi connectivity index (χ1v) is 8.14. The van der Waals surface area contributed by atoms with Crippen molar-refractivity contribution in [1.82, 2.24) is 4.57 Å². The first-order valence-electron chi connectivity index (χ1n) is 8.14. The largest absolute Gasteiger partial charge is 0.426 e. The third-order valence-corrected chi connectivity index (χ3v) is 4.27. The van der Waals surface area contributed by atoms with Gasteiger partial charge in [0, 0.05) is 11.6 Å². The maximum absolute atomic E-state index is 14.1. The van der Waals surface area contributed by atoms with E-state index in [1.165, 1.54) is 48.5 Å². The van der Waals surface area contributed by atoms with E-state index in [0.717, 1.165) is 16.7 Å². The van der Waals surface area contributed by atoms with Crippen LogP contribution in [0.25, 0.3) is 27.8 Å². The lowest BCUT2D eigenvalue weighted by Crippen LogP contribution is -2.31. The van der Waals surface area contributed by atoms with Gasteiger partial charge in [0.15, 0.2) is 0 Å². The minimum Gasteiger partial charge on any atom is -0.409 e. The van der Waals surface area contributed by atoms with Crippen LogP contribution in [0.5, 0.6) is 0 Å². The smallest absolute Gasteiger partial charge is 0.409 e. The van der Waals surface area contributed by atoms with E-state index in [2.05, 4.69) is 0 Å². The summed E-state index contributed by atoms with van der Waals surface area (Å²) in [5.41, 5.74) is 0.240. The van der Waals surface area contributed by atoms with E-state index in [-0.39, 0.29) is 27.8 Å². The number of aromatic nitrogens is 1. The fraction of sp³-hybridized carbons (Fsp3) is 0. The van der Waals surface area contributed by atoms with Crippen molar-refractivity contribution >= 4 is 11.0 Å². The van der Waals surface area contributed by atoms with Crippen LogP contribution in [0.2, 0.25) is 0 Å². The highest BCUT2D eigenvalue weighted by atomic mass is 19.1. The third kappa shape index (κ3) is 2.87. The maximum Gasteiger partial charge on any atom is 0.426 e. The summed E-state index contributed by atoms with van der Waals surface area (Å²) in [4.78, 5) is 25.3. The summed E-state index contributed by atoms with van der Waals surface area (Å²) in [7, 11) is 0. The van der Waals surface area contributed by atoms with Gasteiger partial charge in [-0.2, -0.15) is 5.26 Å². The normalized spacial score (nSPS) is 10.8. The molecule has 5 nitrogen and oxygen atoms in total. The molecule has 4 aromatic rings. The lowest BCUT2D eigenvalue weighted by atomic mass is 10.0. The van der Waals surface area contributed by atoms with Crippen LogP contribution in [0.1, 0.15) is 5.56 Å². The Kier molecular flexibility index (Phi) is 4.09. The monoisotopic (exact) mass is 376 g/mol. The Bertz CT molecular complexity index is 1400. The van der Waals surface area contributed by atoms with Crippen molar-refractivity contribution in [3.63, 3.8) is 0 Å². The molecule has 0 aliphatic carbocycles. The van der Waals surface area contributed by atoms with Crippen LogP contribution in [0.15, 0.2) is 74.7 Å². The molecule has 4 rings (SSSR count). The van der Waals surface area contributed by atoms with Gasteiger partial charge in [-0.3, -0.25) is 4.79 Å². The number of rotatable bonds is 2. The second kappa shape index (κ2) is 6.59. The minimum atomic E-state index is -0.909. The van der Waals surface area contributed by atoms with Crippen LogP contribution in [0.4, 0.5) is 8.78 Å². The predicted octanol–water partition coefficient (Wildman–Crippen LogP) is 3.76. The summed E-state index contributed by atoms with van der Waals surface area (Å²) in [6.07, 6.45) is 0. The summed E-state index contributed by atoms with van der Waals surface area (Å²) >= 11 is 0. The molecule has 0 unspecified atom stereocenters. The molecule has 0 spiro atoms. The molecule has 0 saturated heterocycles. The summed E-state index contributed by atoms with van der Waals surface area (Å²) in [6, 6.07) is 15.2. The molecule has 28 heavy (non-hydrogen) atoms. The summed E-state index contributed by atoms with van der Waals surface area (Å²) < 4.78 is 33.3. The Morgan fingerprint density at radius 1 is 0.964 bits per heavy atom. The highest BCUT2D eigenvalue weighted by Crippen LogP contribution is 2.26. The average molecular weight is 376 g/mol. The molecule has 0 atom stereocenters. The van der Waals surface area contributed by atoms with Crippen molar-refractivity contribution in [3.05, 3.63) is 98.8 Å². The SMILES string of the molecule is N#Cc1cccc(-n2c(=O)oc3ccc(-c4ccc(F)cc4F)cc3c2=O)c1. The first kappa shape index (κ1) is 17.4. The number of fused-ring (bicyclic) bond motifs is 1. The number of hydrogen-bond acceptors (Lipinski definition) is 4. The summed E-state index contributed by atoms with van der Waals surface area (Å²) in [6.45, 7) is 0. The molecule has 0 radical (unpaired) electrons. The zero-order valence-corrected chi connectivity index (χ0v) is 14.1. The molecule has 1 heterocycles. The zero-order valence-electron chi connectivity index (χ0n) is 14.1. The van der Waals surface area contributed by atoms with Crippen LogP contribution >= 0.6 is 0 Å². The fourth-order valence-corrected chi connectivity index (χ4v) is 2.96. The van der Waals surface area contributed by atoms with Gasteiger partial charge in [-0.1, -0.05) is 12.1 Å². The Morgan fingerprint density at radius 3 is 2.54 bits per heavy atom. The second-order valence-corrected chi connectivity index (χ2v) is 6.01. The van der Waals surface area contributed by atoms with E-state index in [4.69, 9.17) is 9.68 Å². The van der Waals surface area contributed by atoms with Crippen molar-refractivity contribution in [1.29, 1.82) is 5.26 Å². The highest BCUT2D eigenvalue weighted by Gasteiger charge is 2.14. The van der Waals surface area contributed by atoms with E-state index in [1.54, 1.807) is 0 Å². The van der Waals surface area contributed by atoms with E-state index in [0.29, 0.717) is 5.56 Å². The number of hydrogen-bond donors (Lipinski definition) is 0. The van der Waals surface area contributed by atoms with Crippen LogP contribution < -0.4 is 11.3 Å². The zero-order chi connectivity index (χ0) is 19.8. The second-order valence-electron chi connectivity index (χ2n) is 6.01. The number of halogens is 2. The summed E-state index contributed by atoms with van der Waals surface area (Å²) in [5, 5.41) is 9.07. The molecule has 0 aliphatic rings. The quantitative estimate of drug-likeness (QED) is 0.534. The number of nitriles is 1. The van der Waals surface area contributed by atoms with Gasteiger partial charge in [-0.25, -0.2) is 18.1 Å². The molecule has 0 fully saturated rings. The molecule has 0 saturated carbocycles. The molecule has 0 amide bonds. The fourth-order valence-electron chi connectivity index (χ4n) is 2.96. The molecule has 0 bridgehead atoms. The van der Waals surface area contributed by atoms with Gasteiger partial charge in [0.05, 0.1) is 22.7 Å². The third-order valence-electron chi connectivity index (χ3n) is 4.27. The molecular formula is C21H10F2N2O3. The first-order chi connectivity index (χ1) is 13.5. The van der Waals surface area contributed by atoms with Crippen molar-refractivity contribution in [3.8, 4) is 22.9 Å².